The first-order valence-electron chi connectivity index (χ1n) is 5.54. The lowest BCUT2D eigenvalue weighted by Crippen LogP contribution is -2.32. The second-order valence-corrected chi connectivity index (χ2v) is 3.86. The summed E-state index contributed by atoms with van der Waals surface area (Å²) in [6.45, 7) is 1.93. The number of aryl methyl sites for hydroxylation is 1. The zero-order valence-corrected chi connectivity index (χ0v) is 10.7. The molecule has 0 radical (unpaired) electrons. The lowest BCUT2D eigenvalue weighted by atomic mass is 10.2. The molecule has 0 heterocycles. The van der Waals surface area contributed by atoms with Crippen LogP contribution in [0.25, 0.3) is 0 Å². The first-order chi connectivity index (χ1) is 8.56. The van der Waals surface area contributed by atoms with Gasteiger partial charge in [0.15, 0.2) is 0 Å². The number of anilines is 1. The van der Waals surface area contributed by atoms with E-state index in [0.29, 0.717) is 5.69 Å². The number of carbonyl (C=O) groups is 2. The van der Waals surface area contributed by atoms with Crippen LogP contribution in [0.3, 0.4) is 0 Å². The van der Waals surface area contributed by atoms with E-state index in [1.54, 1.807) is 6.07 Å². The van der Waals surface area contributed by atoms with Gasteiger partial charge < -0.3 is 14.8 Å². The summed E-state index contributed by atoms with van der Waals surface area (Å²) in [6.07, 6.45) is -0.956. The largest absolute Gasteiger partial charge is 0.469 e. The highest BCUT2D eigenvalue weighted by Gasteiger charge is 2.21. The van der Waals surface area contributed by atoms with Gasteiger partial charge in [0, 0.05) is 12.8 Å². The number of methoxy groups -OCH3 is 2. The van der Waals surface area contributed by atoms with Crippen molar-refractivity contribution >= 4 is 17.6 Å². The highest BCUT2D eigenvalue weighted by Crippen LogP contribution is 2.11. The van der Waals surface area contributed by atoms with E-state index < -0.39 is 12.1 Å². The quantitative estimate of drug-likeness (QED) is 0.806. The summed E-state index contributed by atoms with van der Waals surface area (Å²) in [4.78, 5) is 23.0. The fraction of sp³-hybridized carbons (Fsp3) is 0.385. The van der Waals surface area contributed by atoms with Crippen molar-refractivity contribution in [3.8, 4) is 0 Å². The Hall–Kier alpha value is -1.88. The number of amides is 1. The summed E-state index contributed by atoms with van der Waals surface area (Å²) in [6, 6.07) is 7.38. The molecule has 5 heteroatoms. The van der Waals surface area contributed by atoms with Crippen molar-refractivity contribution in [3.05, 3.63) is 29.8 Å². The van der Waals surface area contributed by atoms with Gasteiger partial charge >= 0.3 is 5.97 Å². The van der Waals surface area contributed by atoms with Crippen LogP contribution in [0.1, 0.15) is 12.0 Å². The van der Waals surface area contributed by atoms with Crippen molar-refractivity contribution in [2.45, 2.75) is 19.4 Å². The molecule has 1 aromatic rings. The lowest BCUT2D eigenvalue weighted by molar-refractivity contribution is -0.146. The Kier molecular flexibility index (Phi) is 5.32. The molecule has 5 nitrogen and oxygen atoms in total. The number of benzene rings is 1. The van der Waals surface area contributed by atoms with Gasteiger partial charge in [-0.25, -0.2) is 0 Å². The molecule has 0 spiro atoms. The molecule has 18 heavy (non-hydrogen) atoms. The van der Waals surface area contributed by atoms with E-state index in [4.69, 9.17) is 4.74 Å². The van der Waals surface area contributed by atoms with Crippen LogP contribution >= 0.6 is 0 Å². The van der Waals surface area contributed by atoms with Gasteiger partial charge in [-0.3, -0.25) is 9.59 Å². The number of nitrogens with one attached hydrogen (secondary N) is 1. The van der Waals surface area contributed by atoms with E-state index in [2.05, 4.69) is 10.1 Å². The predicted molar refractivity (Wildman–Crippen MR) is 67.2 cm³/mol. The van der Waals surface area contributed by atoms with E-state index in [1.807, 2.05) is 25.1 Å². The molecule has 1 amide bonds. The third-order valence-corrected chi connectivity index (χ3v) is 2.44. The summed E-state index contributed by atoms with van der Waals surface area (Å²) >= 11 is 0. The maximum atomic E-state index is 11.9. The van der Waals surface area contributed by atoms with Crippen LogP contribution in [0, 0.1) is 6.92 Å². The van der Waals surface area contributed by atoms with Gasteiger partial charge in [-0.1, -0.05) is 12.1 Å². The van der Waals surface area contributed by atoms with Crippen LogP contribution < -0.4 is 5.32 Å². The van der Waals surface area contributed by atoms with Gasteiger partial charge in [-0.15, -0.1) is 0 Å². The fourth-order valence-corrected chi connectivity index (χ4v) is 1.46. The first-order valence-corrected chi connectivity index (χ1v) is 5.54. The van der Waals surface area contributed by atoms with Gasteiger partial charge in [-0.05, 0) is 24.6 Å². The van der Waals surface area contributed by atoms with E-state index in [1.165, 1.54) is 14.2 Å². The molecule has 0 aliphatic carbocycles. The highest BCUT2D eigenvalue weighted by molar-refractivity contribution is 5.96. The summed E-state index contributed by atoms with van der Waals surface area (Å²) in [5, 5.41) is 2.69. The maximum Gasteiger partial charge on any atom is 0.308 e. The number of rotatable bonds is 5. The second-order valence-electron chi connectivity index (χ2n) is 3.86. The van der Waals surface area contributed by atoms with Gasteiger partial charge in [0.25, 0.3) is 5.91 Å². The standard InChI is InChI=1S/C13H17NO4/c1-9-5-4-6-10(7-9)14-13(16)11(17-2)8-12(15)18-3/h4-7,11H,8H2,1-3H3,(H,14,16). The zero-order chi connectivity index (χ0) is 13.5. The molecule has 1 rings (SSSR count). The molecule has 0 fully saturated rings. The number of carbonyl (C=O) groups excluding carboxylic acids is 2. The molecule has 0 bridgehead atoms. The fourth-order valence-electron chi connectivity index (χ4n) is 1.46. The molecule has 1 aromatic carbocycles. The van der Waals surface area contributed by atoms with E-state index in [-0.39, 0.29) is 12.3 Å². The molecule has 0 aromatic heterocycles. The molecule has 0 saturated heterocycles. The minimum Gasteiger partial charge on any atom is -0.469 e. The third kappa shape index (κ3) is 4.18. The molecular formula is C13H17NO4. The van der Waals surface area contributed by atoms with Gasteiger partial charge in [0.2, 0.25) is 0 Å². The Labute approximate surface area is 106 Å². The van der Waals surface area contributed by atoms with Crippen LogP contribution in [0.5, 0.6) is 0 Å². The first kappa shape index (κ1) is 14.2. The Morgan fingerprint density at radius 2 is 2.06 bits per heavy atom. The van der Waals surface area contributed by atoms with Crippen LogP contribution in [-0.2, 0) is 19.1 Å². The van der Waals surface area contributed by atoms with Crippen molar-refractivity contribution in [2.75, 3.05) is 19.5 Å². The normalized spacial score (nSPS) is 11.7. The van der Waals surface area contributed by atoms with Crippen LogP contribution in [0.15, 0.2) is 24.3 Å². The molecule has 0 aliphatic heterocycles. The van der Waals surface area contributed by atoms with Gasteiger partial charge in [-0.2, -0.15) is 0 Å². The summed E-state index contributed by atoms with van der Waals surface area (Å²) in [7, 11) is 2.65. The van der Waals surface area contributed by atoms with Crippen molar-refractivity contribution in [3.63, 3.8) is 0 Å². The average molecular weight is 251 g/mol. The molecule has 0 saturated carbocycles. The maximum absolute atomic E-state index is 11.9. The Bertz CT molecular complexity index is 431. The van der Waals surface area contributed by atoms with Crippen molar-refractivity contribution in [1.29, 1.82) is 0 Å². The van der Waals surface area contributed by atoms with E-state index in [9.17, 15) is 9.59 Å². The average Bonchev–Trinajstić information content (AvgIpc) is 2.35. The lowest BCUT2D eigenvalue weighted by Gasteiger charge is -2.14. The van der Waals surface area contributed by atoms with Crippen LogP contribution in [0.4, 0.5) is 5.69 Å². The minimum atomic E-state index is -0.849. The van der Waals surface area contributed by atoms with Crippen LogP contribution in [-0.4, -0.2) is 32.2 Å². The number of hydrogen-bond acceptors (Lipinski definition) is 4. The zero-order valence-electron chi connectivity index (χ0n) is 10.7. The molecular weight excluding hydrogens is 234 g/mol. The third-order valence-electron chi connectivity index (χ3n) is 2.44. The molecule has 1 unspecified atom stereocenters. The second kappa shape index (κ2) is 6.76. The summed E-state index contributed by atoms with van der Waals surface area (Å²) in [5.74, 6) is -0.852. The number of hydrogen-bond donors (Lipinski definition) is 1. The molecule has 98 valence electrons. The molecule has 0 aliphatic rings. The Morgan fingerprint density at radius 1 is 1.33 bits per heavy atom. The van der Waals surface area contributed by atoms with E-state index >= 15 is 0 Å². The van der Waals surface area contributed by atoms with Crippen LogP contribution in [0.2, 0.25) is 0 Å². The van der Waals surface area contributed by atoms with Gasteiger partial charge in [0.1, 0.15) is 6.10 Å². The highest BCUT2D eigenvalue weighted by atomic mass is 16.5. The monoisotopic (exact) mass is 251 g/mol. The Morgan fingerprint density at radius 3 is 2.61 bits per heavy atom. The van der Waals surface area contributed by atoms with Crippen molar-refractivity contribution in [1.82, 2.24) is 0 Å². The summed E-state index contributed by atoms with van der Waals surface area (Å²) in [5.41, 5.74) is 1.71. The van der Waals surface area contributed by atoms with Gasteiger partial charge in [0.05, 0.1) is 13.5 Å². The van der Waals surface area contributed by atoms with Crippen molar-refractivity contribution in [2.24, 2.45) is 0 Å². The van der Waals surface area contributed by atoms with Crippen molar-refractivity contribution < 1.29 is 19.1 Å². The topological polar surface area (TPSA) is 64.6 Å². The summed E-state index contributed by atoms with van der Waals surface area (Å²) < 4.78 is 9.48. The Balaban J connectivity index is 2.65. The molecule has 1 N–H and O–H groups in total. The smallest absolute Gasteiger partial charge is 0.308 e. The number of ether oxygens (including phenoxy) is 2. The van der Waals surface area contributed by atoms with E-state index in [0.717, 1.165) is 5.56 Å². The number of esters is 1. The minimum absolute atomic E-state index is 0.106. The SMILES string of the molecule is COC(=O)CC(OC)C(=O)Nc1cccc(C)c1. The predicted octanol–water partition coefficient (Wildman–Crippen LogP) is 1.51. The molecule has 1 atom stereocenters.